The number of ether oxygens (including phenoxy) is 2. The molecular formula is C27H31N5O4. The van der Waals surface area contributed by atoms with Crippen molar-refractivity contribution in [3.05, 3.63) is 60.2 Å². The van der Waals surface area contributed by atoms with Crippen LogP contribution in [-0.2, 0) is 11.3 Å². The third kappa shape index (κ3) is 4.43. The van der Waals surface area contributed by atoms with E-state index >= 15 is 0 Å². The number of carbonyl (C=O) groups excluding carboxylic acids is 2. The van der Waals surface area contributed by atoms with Gasteiger partial charge in [-0.25, -0.2) is 4.98 Å². The van der Waals surface area contributed by atoms with Gasteiger partial charge in [0, 0.05) is 49.3 Å². The maximum atomic E-state index is 13.0. The Bertz CT molecular complexity index is 1170. The van der Waals surface area contributed by atoms with E-state index in [0.29, 0.717) is 42.6 Å². The lowest BCUT2D eigenvalue weighted by Gasteiger charge is -2.47. The van der Waals surface area contributed by atoms with E-state index in [-0.39, 0.29) is 24.0 Å². The molecule has 3 fully saturated rings. The fourth-order valence-corrected chi connectivity index (χ4v) is 5.84. The van der Waals surface area contributed by atoms with E-state index in [1.807, 2.05) is 18.2 Å². The molecule has 6 rings (SSSR count). The lowest BCUT2D eigenvalue weighted by molar-refractivity contribution is -0.126. The number of fused-ring (bicyclic) bond motifs is 1. The average molecular weight is 490 g/mol. The van der Waals surface area contributed by atoms with Gasteiger partial charge in [0.05, 0.1) is 6.20 Å². The van der Waals surface area contributed by atoms with Crippen LogP contribution in [0.1, 0.15) is 54.4 Å². The fraction of sp³-hybridized carbons (Fsp3) is 0.481. The van der Waals surface area contributed by atoms with E-state index in [1.54, 1.807) is 23.5 Å². The van der Waals surface area contributed by atoms with Crippen LogP contribution in [0.5, 0.6) is 11.6 Å². The van der Waals surface area contributed by atoms with Crippen LogP contribution in [0, 0.1) is 0 Å². The summed E-state index contributed by atoms with van der Waals surface area (Å²) in [6.45, 7) is 5.97. The first-order valence-electron chi connectivity index (χ1n) is 12.8. The molecule has 3 aliphatic heterocycles. The average Bonchev–Trinajstić information content (AvgIpc) is 3.18. The second-order valence-electron chi connectivity index (χ2n) is 10.1. The van der Waals surface area contributed by atoms with Gasteiger partial charge >= 0.3 is 0 Å². The van der Waals surface area contributed by atoms with Gasteiger partial charge in [0.1, 0.15) is 24.0 Å². The van der Waals surface area contributed by atoms with E-state index in [4.69, 9.17) is 9.47 Å². The Morgan fingerprint density at radius 1 is 1.06 bits per heavy atom. The summed E-state index contributed by atoms with van der Waals surface area (Å²) in [7, 11) is 0. The van der Waals surface area contributed by atoms with Crippen molar-refractivity contribution in [3.63, 3.8) is 0 Å². The zero-order chi connectivity index (χ0) is 24.6. The Labute approximate surface area is 210 Å². The zero-order valence-electron chi connectivity index (χ0n) is 20.3. The van der Waals surface area contributed by atoms with Crippen LogP contribution in [0.4, 0.5) is 0 Å². The molecule has 36 heavy (non-hydrogen) atoms. The van der Waals surface area contributed by atoms with E-state index in [1.165, 1.54) is 6.42 Å². The van der Waals surface area contributed by atoms with Crippen molar-refractivity contribution in [2.45, 2.75) is 69.4 Å². The van der Waals surface area contributed by atoms with E-state index in [0.717, 1.165) is 43.7 Å². The normalized spacial score (nSPS) is 26.8. The van der Waals surface area contributed by atoms with Gasteiger partial charge in [0.2, 0.25) is 11.8 Å². The van der Waals surface area contributed by atoms with Crippen LogP contribution < -0.4 is 14.8 Å². The molecule has 9 nitrogen and oxygen atoms in total. The zero-order valence-corrected chi connectivity index (χ0v) is 20.3. The minimum absolute atomic E-state index is 0.0884. The number of hydrogen-bond donors (Lipinski definition) is 1. The van der Waals surface area contributed by atoms with Gasteiger partial charge in [0.15, 0.2) is 0 Å². The van der Waals surface area contributed by atoms with Crippen LogP contribution in [0.3, 0.4) is 0 Å². The smallest absolute Gasteiger partial charge is 0.255 e. The number of benzene rings is 1. The fourth-order valence-electron chi connectivity index (χ4n) is 5.84. The minimum Gasteiger partial charge on any atom is -0.489 e. The largest absolute Gasteiger partial charge is 0.489 e. The molecule has 2 aromatic rings. The highest BCUT2D eigenvalue weighted by molar-refractivity contribution is 6.01. The number of likely N-dealkylation sites (tertiary alicyclic amines) is 1. The molecule has 2 saturated heterocycles. The summed E-state index contributed by atoms with van der Waals surface area (Å²) in [4.78, 5) is 37.9. The molecule has 4 aliphatic rings. The van der Waals surface area contributed by atoms with Crippen LogP contribution in [0.15, 0.2) is 49.1 Å². The van der Waals surface area contributed by atoms with Crippen molar-refractivity contribution in [3.8, 4) is 11.6 Å². The van der Waals surface area contributed by atoms with Crippen molar-refractivity contribution in [1.82, 2.24) is 25.1 Å². The SMILES string of the molecule is C=C1CCC(N2Cc3cc(O[C@H]4CCCC[C@@H]4N4CC(Oc5cnccn5)C4)ccc3C2=O)C(=O)N1. The number of amides is 2. The molecule has 188 valence electrons. The molecule has 1 N–H and O–H groups in total. The molecular weight excluding hydrogens is 458 g/mol. The van der Waals surface area contributed by atoms with Gasteiger partial charge in [-0.1, -0.05) is 13.0 Å². The Hall–Kier alpha value is -3.46. The third-order valence-electron chi connectivity index (χ3n) is 7.73. The van der Waals surface area contributed by atoms with Crippen LogP contribution in [0.25, 0.3) is 0 Å². The summed E-state index contributed by atoms with van der Waals surface area (Å²) in [6.07, 6.45) is 10.9. The third-order valence-corrected chi connectivity index (χ3v) is 7.73. The van der Waals surface area contributed by atoms with Crippen molar-refractivity contribution in [2.24, 2.45) is 0 Å². The van der Waals surface area contributed by atoms with E-state index < -0.39 is 6.04 Å². The first-order valence-corrected chi connectivity index (χ1v) is 12.8. The second-order valence-corrected chi connectivity index (χ2v) is 10.1. The summed E-state index contributed by atoms with van der Waals surface area (Å²) in [5, 5.41) is 2.79. The predicted octanol–water partition coefficient (Wildman–Crippen LogP) is 2.68. The number of allylic oxidation sites excluding steroid dienone is 1. The molecule has 2 amide bonds. The highest BCUT2D eigenvalue weighted by Crippen LogP contribution is 2.34. The molecule has 1 aromatic heterocycles. The Balaban J connectivity index is 1.09. The first-order chi connectivity index (χ1) is 17.5. The van der Waals surface area contributed by atoms with E-state index in [9.17, 15) is 9.59 Å². The Morgan fingerprint density at radius 2 is 1.92 bits per heavy atom. The lowest BCUT2D eigenvalue weighted by atomic mass is 9.89. The minimum atomic E-state index is -0.453. The van der Waals surface area contributed by atoms with Crippen molar-refractivity contribution < 1.29 is 19.1 Å². The van der Waals surface area contributed by atoms with Gasteiger partial charge in [-0.2, -0.15) is 0 Å². The molecule has 0 spiro atoms. The number of carbonyl (C=O) groups is 2. The first kappa shape index (κ1) is 23.0. The standard InChI is InChI=1S/C27H31N5O4/c1-17-6-9-23(26(33)30-17)32-14-18-12-19(7-8-21(18)27(32)34)35-24-5-3-2-4-22(24)31-15-20(16-31)36-25-13-28-10-11-29-25/h7-8,10-13,20,22-24H,1-6,9,14-16H2,(H,30,33)/t22-,23?,24-/m0/s1. The summed E-state index contributed by atoms with van der Waals surface area (Å²) in [6, 6.07) is 5.61. The quantitative estimate of drug-likeness (QED) is 0.666. The maximum absolute atomic E-state index is 13.0. The maximum Gasteiger partial charge on any atom is 0.255 e. The molecule has 3 atom stereocenters. The van der Waals surface area contributed by atoms with Crippen LogP contribution >= 0.6 is 0 Å². The van der Waals surface area contributed by atoms with E-state index in [2.05, 4.69) is 26.8 Å². The number of nitrogens with zero attached hydrogens (tertiary/aromatic N) is 4. The molecule has 0 bridgehead atoms. The summed E-state index contributed by atoms with van der Waals surface area (Å²) in [5.74, 6) is 1.12. The van der Waals surface area contributed by atoms with Crippen LogP contribution in [0.2, 0.25) is 0 Å². The number of aromatic nitrogens is 2. The molecule has 1 aromatic carbocycles. The molecule has 1 unspecified atom stereocenters. The predicted molar refractivity (Wildman–Crippen MR) is 131 cm³/mol. The molecule has 1 aliphatic carbocycles. The summed E-state index contributed by atoms with van der Waals surface area (Å²) in [5.41, 5.74) is 2.29. The molecule has 4 heterocycles. The topological polar surface area (TPSA) is 96.9 Å². The summed E-state index contributed by atoms with van der Waals surface area (Å²) >= 11 is 0. The highest BCUT2D eigenvalue weighted by Gasteiger charge is 2.41. The molecule has 1 saturated carbocycles. The number of rotatable bonds is 6. The monoisotopic (exact) mass is 489 g/mol. The second kappa shape index (κ2) is 9.54. The molecule has 0 radical (unpaired) electrons. The van der Waals surface area contributed by atoms with Gasteiger partial charge in [-0.15, -0.1) is 0 Å². The van der Waals surface area contributed by atoms with Gasteiger partial charge < -0.3 is 19.7 Å². The number of hydrogen-bond acceptors (Lipinski definition) is 7. The van der Waals surface area contributed by atoms with Gasteiger partial charge in [0.25, 0.3) is 5.91 Å². The Morgan fingerprint density at radius 3 is 2.72 bits per heavy atom. The van der Waals surface area contributed by atoms with Crippen LogP contribution in [-0.4, -0.2) is 69.0 Å². The molecule has 9 heteroatoms. The number of piperidine rings is 1. The van der Waals surface area contributed by atoms with Crippen molar-refractivity contribution >= 4 is 11.8 Å². The lowest BCUT2D eigenvalue weighted by Crippen LogP contribution is -2.62. The Kier molecular flexibility index (Phi) is 6.08. The van der Waals surface area contributed by atoms with Gasteiger partial charge in [-0.3, -0.25) is 19.5 Å². The van der Waals surface area contributed by atoms with Gasteiger partial charge in [-0.05, 0) is 55.9 Å². The van der Waals surface area contributed by atoms with Crippen molar-refractivity contribution in [2.75, 3.05) is 13.1 Å². The summed E-state index contributed by atoms with van der Waals surface area (Å²) < 4.78 is 12.5. The van der Waals surface area contributed by atoms with Crippen molar-refractivity contribution in [1.29, 1.82) is 0 Å². The number of nitrogens with one attached hydrogen (secondary N) is 1. The highest BCUT2D eigenvalue weighted by atomic mass is 16.5.